The molecule has 2 N–H and O–H groups in total. The van der Waals surface area contributed by atoms with E-state index in [9.17, 15) is 9.90 Å². The molecule has 8 heteroatoms. The molecule has 1 aromatic carbocycles. The number of nitrogens with zero attached hydrogens (tertiary/aromatic N) is 5. The number of piperidine rings is 1. The fraction of sp³-hybridized carbons (Fsp3) is 0.522. The van der Waals surface area contributed by atoms with Gasteiger partial charge in [0, 0.05) is 49.3 Å². The van der Waals surface area contributed by atoms with E-state index in [0.717, 1.165) is 53.5 Å². The molecule has 4 heterocycles. The minimum absolute atomic E-state index is 0.00191. The van der Waals surface area contributed by atoms with Crippen LogP contribution < -0.4 is 5.32 Å². The molecule has 0 radical (unpaired) electrons. The van der Waals surface area contributed by atoms with Crippen LogP contribution in [0.1, 0.15) is 36.8 Å². The van der Waals surface area contributed by atoms with Gasteiger partial charge in [0.25, 0.3) is 0 Å². The van der Waals surface area contributed by atoms with Gasteiger partial charge in [-0.1, -0.05) is 0 Å². The Morgan fingerprint density at radius 2 is 2.00 bits per heavy atom. The number of rotatable bonds is 5. The molecule has 2 aromatic heterocycles. The van der Waals surface area contributed by atoms with E-state index in [4.69, 9.17) is 0 Å². The number of fused-ring (bicyclic) bond motifs is 1. The molecule has 1 amide bonds. The van der Waals surface area contributed by atoms with Crippen molar-refractivity contribution >= 4 is 16.8 Å². The number of hydrogen-bond donors (Lipinski definition) is 2. The molecular weight excluding hydrogens is 392 g/mol. The Morgan fingerprint density at radius 1 is 1.19 bits per heavy atom. The number of amides is 1. The Labute approximate surface area is 181 Å². The summed E-state index contributed by atoms with van der Waals surface area (Å²) in [7, 11) is 4.08. The van der Waals surface area contributed by atoms with E-state index in [1.54, 1.807) is 0 Å². The van der Waals surface area contributed by atoms with Crippen LogP contribution >= 0.6 is 0 Å². The zero-order valence-corrected chi connectivity index (χ0v) is 18.2. The van der Waals surface area contributed by atoms with Crippen molar-refractivity contribution in [2.45, 2.75) is 31.2 Å². The third-order valence-electron chi connectivity index (χ3n) is 6.94. The van der Waals surface area contributed by atoms with E-state index in [1.165, 1.54) is 0 Å². The number of aliphatic hydroxyl groups excluding tert-OH is 1. The molecule has 164 valence electrons. The third kappa shape index (κ3) is 3.85. The van der Waals surface area contributed by atoms with E-state index in [1.807, 2.05) is 24.1 Å². The van der Waals surface area contributed by atoms with Crippen molar-refractivity contribution < 1.29 is 9.90 Å². The van der Waals surface area contributed by atoms with E-state index < -0.39 is 0 Å². The van der Waals surface area contributed by atoms with Crippen LogP contribution in [0.25, 0.3) is 22.0 Å². The fourth-order valence-corrected chi connectivity index (χ4v) is 5.10. The second-order valence-electron chi connectivity index (χ2n) is 9.10. The highest BCUT2D eigenvalue weighted by atomic mass is 16.3. The Balaban J connectivity index is 1.52. The summed E-state index contributed by atoms with van der Waals surface area (Å²) in [6, 6.07) is 4.69. The Hall–Kier alpha value is -2.71. The summed E-state index contributed by atoms with van der Waals surface area (Å²) >= 11 is 0. The zero-order chi connectivity index (χ0) is 21.5. The Bertz CT molecular complexity index is 1090. The van der Waals surface area contributed by atoms with E-state index in [2.05, 4.69) is 50.5 Å². The molecule has 8 nitrogen and oxygen atoms in total. The van der Waals surface area contributed by atoms with Gasteiger partial charge >= 0.3 is 0 Å². The number of carbonyl (C=O) groups excluding carboxylic acids is 1. The summed E-state index contributed by atoms with van der Waals surface area (Å²) in [5.41, 5.74) is 4.07. The first-order valence-electron chi connectivity index (χ1n) is 11.1. The summed E-state index contributed by atoms with van der Waals surface area (Å²) in [6.45, 7) is 2.79. The molecule has 0 spiro atoms. The molecule has 2 fully saturated rings. The average Bonchev–Trinajstić information content (AvgIpc) is 3.48. The maximum absolute atomic E-state index is 11.8. The minimum Gasteiger partial charge on any atom is -0.396 e. The van der Waals surface area contributed by atoms with Crippen molar-refractivity contribution in [3.8, 4) is 11.1 Å². The van der Waals surface area contributed by atoms with E-state index in [0.29, 0.717) is 19.0 Å². The molecule has 0 aliphatic carbocycles. The van der Waals surface area contributed by atoms with Gasteiger partial charge in [-0.15, -0.1) is 0 Å². The molecule has 5 rings (SSSR count). The number of nitrogens with one attached hydrogen (secondary N) is 1. The topological polar surface area (TPSA) is 88.2 Å². The van der Waals surface area contributed by atoms with Crippen molar-refractivity contribution in [3.63, 3.8) is 0 Å². The van der Waals surface area contributed by atoms with E-state index in [-0.39, 0.29) is 24.3 Å². The van der Waals surface area contributed by atoms with Crippen LogP contribution in [0.4, 0.5) is 0 Å². The molecule has 2 aliphatic rings. The zero-order valence-electron chi connectivity index (χ0n) is 18.2. The minimum atomic E-state index is -0.116. The van der Waals surface area contributed by atoms with Crippen LogP contribution in [0.3, 0.4) is 0 Å². The Kier molecular flexibility index (Phi) is 5.27. The van der Waals surface area contributed by atoms with Crippen molar-refractivity contribution in [2.24, 2.45) is 13.0 Å². The van der Waals surface area contributed by atoms with Crippen LogP contribution in [0.5, 0.6) is 0 Å². The molecule has 0 bridgehead atoms. The molecular formula is C23H30N6O2. The lowest BCUT2D eigenvalue weighted by molar-refractivity contribution is -0.119. The average molecular weight is 423 g/mol. The first-order valence-corrected chi connectivity index (χ1v) is 11.1. The number of likely N-dealkylation sites (tertiary alicyclic amines) is 1. The normalized spacial score (nSPS) is 21.6. The number of aromatic nitrogens is 4. The second kappa shape index (κ2) is 8.09. The number of hydrogen-bond acceptors (Lipinski definition) is 5. The Morgan fingerprint density at radius 3 is 2.71 bits per heavy atom. The van der Waals surface area contributed by atoms with Crippen LogP contribution in [0.2, 0.25) is 0 Å². The molecule has 0 unspecified atom stereocenters. The predicted octanol–water partition coefficient (Wildman–Crippen LogP) is 1.92. The van der Waals surface area contributed by atoms with Crippen molar-refractivity contribution in [1.82, 2.24) is 29.8 Å². The molecule has 3 aromatic rings. The lowest BCUT2D eigenvalue weighted by Gasteiger charge is -2.28. The highest BCUT2D eigenvalue weighted by molar-refractivity contribution is 5.88. The summed E-state index contributed by atoms with van der Waals surface area (Å²) < 4.78 is 3.92. The first-order chi connectivity index (χ1) is 15.0. The maximum atomic E-state index is 11.8. The summed E-state index contributed by atoms with van der Waals surface area (Å²) in [6.07, 6.45) is 8.74. The van der Waals surface area contributed by atoms with Crippen LogP contribution in [0, 0.1) is 5.92 Å². The maximum Gasteiger partial charge on any atom is 0.220 e. The van der Waals surface area contributed by atoms with Crippen molar-refractivity contribution in [3.05, 3.63) is 36.3 Å². The second-order valence-corrected chi connectivity index (χ2v) is 9.10. The predicted molar refractivity (Wildman–Crippen MR) is 119 cm³/mol. The van der Waals surface area contributed by atoms with Gasteiger partial charge in [0.2, 0.25) is 5.91 Å². The monoisotopic (exact) mass is 422 g/mol. The molecule has 2 atom stereocenters. The van der Waals surface area contributed by atoms with Crippen LogP contribution in [-0.4, -0.2) is 68.8 Å². The first kappa shape index (κ1) is 20.2. The lowest BCUT2D eigenvalue weighted by Crippen LogP contribution is -2.31. The largest absolute Gasteiger partial charge is 0.396 e. The van der Waals surface area contributed by atoms with Gasteiger partial charge in [0.1, 0.15) is 0 Å². The smallest absolute Gasteiger partial charge is 0.220 e. The van der Waals surface area contributed by atoms with Gasteiger partial charge in [-0.25, -0.2) is 0 Å². The van der Waals surface area contributed by atoms with Gasteiger partial charge in [0.15, 0.2) is 0 Å². The van der Waals surface area contributed by atoms with E-state index >= 15 is 0 Å². The molecule has 2 aliphatic heterocycles. The molecule has 31 heavy (non-hydrogen) atoms. The van der Waals surface area contributed by atoms with Gasteiger partial charge in [-0.05, 0) is 62.2 Å². The number of aliphatic hydroxyl groups is 1. The highest BCUT2D eigenvalue weighted by Gasteiger charge is 2.31. The number of carbonyl (C=O) groups is 1. The van der Waals surface area contributed by atoms with Crippen molar-refractivity contribution in [1.29, 1.82) is 0 Å². The quantitative estimate of drug-likeness (QED) is 0.656. The van der Waals surface area contributed by atoms with Crippen molar-refractivity contribution in [2.75, 3.05) is 33.3 Å². The van der Waals surface area contributed by atoms with Gasteiger partial charge in [-0.3, -0.25) is 14.2 Å². The lowest BCUT2D eigenvalue weighted by atomic mass is 9.83. The van der Waals surface area contributed by atoms with Gasteiger partial charge in [-0.2, -0.15) is 10.2 Å². The van der Waals surface area contributed by atoms with Crippen LogP contribution in [-0.2, 0) is 11.8 Å². The fourth-order valence-electron chi connectivity index (χ4n) is 5.10. The summed E-state index contributed by atoms with van der Waals surface area (Å²) in [5.74, 6) is 0.0223. The standard InChI is InChI=1S/C23H30N6O2/c1-27-5-3-18(4-6-27)29-12-17(11-25-29)15-7-19(20-13-28(2)26-22(20)8-15)21(14-30)16-9-23(31)24-10-16/h7-8,11-13,16,18,21,30H,3-6,9-10,14H2,1-2H3,(H,24,31)/t16-,21+/m0/s1. The van der Waals surface area contributed by atoms with Crippen LogP contribution in [0.15, 0.2) is 30.7 Å². The number of aryl methyl sites for hydroxylation is 1. The van der Waals surface area contributed by atoms with Gasteiger partial charge < -0.3 is 15.3 Å². The summed E-state index contributed by atoms with van der Waals surface area (Å²) in [5, 5.41) is 23.5. The molecule has 2 saturated heterocycles. The summed E-state index contributed by atoms with van der Waals surface area (Å²) in [4.78, 5) is 14.2. The SMILES string of the molecule is CN1CCC(n2cc(-c3cc([C@H](CO)[C@@H]4CNC(=O)C4)c4cn(C)nc4c3)cn2)CC1. The third-order valence-corrected chi connectivity index (χ3v) is 6.94. The number of benzene rings is 1. The molecule has 0 saturated carbocycles. The highest BCUT2D eigenvalue weighted by Crippen LogP contribution is 2.37. The van der Waals surface area contributed by atoms with Gasteiger partial charge in [0.05, 0.1) is 24.4 Å².